The Balaban J connectivity index is 2.10. The van der Waals surface area contributed by atoms with Crippen LogP contribution in [0.3, 0.4) is 0 Å². The number of aliphatic hydroxyl groups is 1. The lowest BCUT2D eigenvalue weighted by Crippen LogP contribution is -2.43. The van der Waals surface area contributed by atoms with E-state index < -0.39 is 0 Å². The summed E-state index contributed by atoms with van der Waals surface area (Å²) >= 11 is 0. The first-order valence-electron chi connectivity index (χ1n) is 5.00. The van der Waals surface area contributed by atoms with Crippen molar-refractivity contribution in [1.29, 1.82) is 0 Å². The number of aliphatic hydroxyl groups excluding tert-OH is 1. The molecule has 1 aliphatic carbocycles. The van der Waals surface area contributed by atoms with Gasteiger partial charge in [0.1, 0.15) is 0 Å². The molecule has 0 spiro atoms. The molecule has 0 aromatic rings. The van der Waals surface area contributed by atoms with E-state index >= 15 is 0 Å². The largest absolute Gasteiger partial charge is 0.396 e. The maximum atomic E-state index is 8.80. The van der Waals surface area contributed by atoms with Gasteiger partial charge < -0.3 is 10.4 Å². The van der Waals surface area contributed by atoms with E-state index in [4.69, 9.17) is 5.11 Å². The normalized spacial score (nSPS) is 19.2. The Labute approximate surface area is 75.4 Å². The molecule has 2 heteroatoms. The summed E-state index contributed by atoms with van der Waals surface area (Å²) in [5.41, 5.74) is 0.115. The molecule has 0 radical (unpaired) electrons. The Hall–Kier alpha value is -0.0800. The molecule has 2 N–H and O–H groups in total. The highest BCUT2D eigenvalue weighted by Crippen LogP contribution is 2.26. The molecular weight excluding hydrogens is 150 g/mol. The van der Waals surface area contributed by atoms with E-state index in [0.717, 1.165) is 18.9 Å². The summed E-state index contributed by atoms with van der Waals surface area (Å²) < 4.78 is 0. The predicted octanol–water partition coefficient (Wildman–Crippen LogP) is 1.54. The second kappa shape index (κ2) is 4.24. The van der Waals surface area contributed by atoms with Crippen LogP contribution < -0.4 is 5.32 Å². The van der Waals surface area contributed by atoms with Crippen molar-refractivity contribution in [2.45, 2.75) is 45.1 Å². The van der Waals surface area contributed by atoms with Crippen molar-refractivity contribution in [3.63, 3.8) is 0 Å². The van der Waals surface area contributed by atoms with Crippen LogP contribution in [0.25, 0.3) is 0 Å². The van der Waals surface area contributed by atoms with E-state index in [0.29, 0.717) is 0 Å². The summed E-state index contributed by atoms with van der Waals surface area (Å²) in [4.78, 5) is 0. The Morgan fingerprint density at radius 1 is 1.42 bits per heavy atom. The third-order valence-corrected chi connectivity index (χ3v) is 2.83. The van der Waals surface area contributed by atoms with Crippen LogP contribution in [0.4, 0.5) is 0 Å². The molecule has 1 saturated carbocycles. The van der Waals surface area contributed by atoms with E-state index in [1.165, 1.54) is 19.3 Å². The standard InChI is InChI=1S/C10H21NO/c1-10(2,6-7-12)11-8-9-4-3-5-9/h9,11-12H,3-8H2,1-2H3. The second-order valence-corrected chi connectivity index (χ2v) is 4.54. The monoisotopic (exact) mass is 171 g/mol. The summed E-state index contributed by atoms with van der Waals surface area (Å²) in [5.74, 6) is 0.906. The molecule has 1 fully saturated rings. The Kier molecular flexibility index (Phi) is 3.53. The highest BCUT2D eigenvalue weighted by molar-refractivity contribution is 4.80. The number of hydrogen-bond acceptors (Lipinski definition) is 2. The topological polar surface area (TPSA) is 32.3 Å². The maximum absolute atomic E-state index is 8.80. The zero-order valence-corrected chi connectivity index (χ0v) is 8.27. The molecule has 12 heavy (non-hydrogen) atoms. The van der Waals surface area contributed by atoms with Gasteiger partial charge in [-0.15, -0.1) is 0 Å². The van der Waals surface area contributed by atoms with Gasteiger partial charge >= 0.3 is 0 Å². The van der Waals surface area contributed by atoms with E-state index in [1.807, 2.05) is 0 Å². The SMILES string of the molecule is CC(C)(CCO)NCC1CCC1. The molecule has 0 saturated heterocycles. The summed E-state index contributed by atoms with van der Waals surface area (Å²) in [6.07, 6.45) is 5.04. The zero-order valence-electron chi connectivity index (χ0n) is 8.27. The van der Waals surface area contributed by atoms with Crippen molar-refractivity contribution >= 4 is 0 Å². The molecule has 72 valence electrons. The van der Waals surface area contributed by atoms with Gasteiger partial charge in [-0.3, -0.25) is 0 Å². The molecule has 0 heterocycles. The van der Waals surface area contributed by atoms with Crippen molar-refractivity contribution in [2.75, 3.05) is 13.2 Å². The highest BCUT2D eigenvalue weighted by atomic mass is 16.3. The lowest BCUT2D eigenvalue weighted by Gasteiger charge is -2.32. The van der Waals surface area contributed by atoms with Gasteiger partial charge in [0.05, 0.1) is 0 Å². The zero-order chi connectivity index (χ0) is 9.03. The van der Waals surface area contributed by atoms with Crippen molar-refractivity contribution in [1.82, 2.24) is 5.32 Å². The van der Waals surface area contributed by atoms with Crippen molar-refractivity contribution in [3.05, 3.63) is 0 Å². The van der Waals surface area contributed by atoms with Gasteiger partial charge in [0.2, 0.25) is 0 Å². The molecule has 0 aromatic carbocycles. The third kappa shape index (κ3) is 3.11. The Bertz CT molecular complexity index is 130. The summed E-state index contributed by atoms with van der Waals surface area (Å²) in [6.45, 7) is 5.72. The fourth-order valence-corrected chi connectivity index (χ4v) is 1.49. The van der Waals surface area contributed by atoms with Crippen molar-refractivity contribution < 1.29 is 5.11 Å². The van der Waals surface area contributed by atoms with Crippen LogP contribution in [0.2, 0.25) is 0 Å². The maximum Gasteiger partial charge on any atom is 0.0448 e. The number of nitrogens with one attached hydrogen (secondary N) is 1. The molecule has 1 rings (SSSR count). The molecule has 0 bridgehead atoms. The van der Waals surface area contributed by atoms with Crippen molar-refractivity contribution in [2.24, 2.45) is 5.92 Å². The third-order valence-electron chi connectivity index (χ3n) is 2.83. The molecule has 1 aliphatic rings. The smallest absolute Gasteiger partial charge is 0.0448 e. The molecule has 0 amide bonds. The van der Waals surface area contributed by atoms with Gasteiger partial charge in [-0.1, -0.05) is 6.42 Å². The van der Waals surface area contributed by atoms with E-state index in [2.05, 4.69) is 19.2 Å². The minimum Gasteiger partial charge on any atom is -0.396 e. The van der Waals surface area contributed by atoms with Crippen LogP contribution in [-0.2, 0) is 0 Å². The highest BCUT2D eigenvalue weighted by Gasteiger charge is 2.21. The van der Waals surface area contributed by atoms with Crippen LogP contribution in [0.1, 0.15) is 39.5 Å². The van der Waals surface area contributed by atoms with E-state index in [9.17, 15) is 0 Å². The first kappa shape index (κ1) is 10.0. The number of hydrogen-bond donors (Lipinski definition) is 2. The quantitative estimate of drug-likeness (QED) is 0.657. The van der Waals surface area contributed by atoms with Gasteiger partial charge in [-0.25, -0.2) is 0 Å². The molecule has 0 aliphatic heterocycles. The van der Waals surface area contributed by atoms with Gasteiger partial charge in [0, 0.05) is 12.1 Å². The summed E-state index contributed by atoms with van der Waals surface area (Å²) in [7, 11) is 0. The molecule has 2 nitrogen and oxygen atoms in total. The fraction of sp³-hybridized carbons (Fsp3) is 1.00. The minimum atomic E-state index is 0.115. The lowest BCUT2D eigenvalue weighted by molar-refractivity contribution is 0.209. The molecule has 0 atom stereocenters. The average molecular weight is 171 g/mol. The lowest BCUT2D eigenvalue weighted by atomic mass is 9.84. The van der Waals surface area contributed by atoms with Gasteiger partial charge in [0.25, 0.3) is 0 Å². The van der Waals surface area contributed by atoms with Gasteiger partial charge in [-0.05, 0) is 45.6 Å². The summed E-state index contributed by atoms with van der Waals surface area (Å²) in [5, 5.41) is 12.3. The molecule has 0 aromatic heterocycles. The van der Waals surface area contributed by atoms with Gasteiger partial charge in [-0.2, -0.15) is 0 Å². The minimum absolute atomic E-state index is 0.115. The van der Waals surface area contributed by atoms with E-state index in [1.54, 1.807) is 0 Å². The molecular formula is C10H21NO. The van der Waals surface area contributed by atoms with E-state index in [-0.39, 0.29) is 12.1 Å². The second-order valence-electron chi connectivity index (χ2n) is 4.54. The van der Waals surface area contributed by atoms with Crippen LogP contribution in [-0.4, -0.2) is 23.8 Å². The molecule has 0 unspecified atom stereocenters. The summed E-state index contributed by atoms with van der Waals surface area (Å²) in [6, 6.07) is 0. The van der Waals surface area contributed by atoms with Crippen LogP contribution in [0, 0.1) is 5.92 Å². The average Bonchev–Trinajstić information content (AvgIpc) is 1.82. The van der Waals surface area contributed by atoms with Crippen LogP contribution >= 0.6 is 0 Å². The van der Waals surface area contributed by atoms with Crippen molar-refractivity contribution in [3.8, 4) is 0 Å². The van der Waals surface area contributed by atoms with Crippen LogP contribution in [0.15, 0.2) is 0 Å². The Morgan fingerprint density at radius 3 is 2.50 bits per heavy atom. The fourth-order valence-electron chi connectivity index (χ4n) is 1.49. The number of rotatable bonds is 5. The van der Waals surface area contributed by atoms with Gasteiger partial charge in [0.15, 0.2) is 0 Å². The Morgan fingerprint density at radius 2 is 2.08 bits per heavy atom. The predicted molar refractivity (Wildman–Crippen MR) is 51.1 cm³/mol. The first-order chi connectivity index (χ1) is 5.64. The first-order valence-corrected chi connectivity index (χ1v) is 5.00. The van der Waals surface area contributed by atoms with Crippen LogP contribution in [0.5, 0.6) is 0 Å².